The number of amides is 2. The van der Waals surface area contributed by atoms with Crippen LogP contribution in [0.5, 0.6) is 0 Å². The molecule has 15 heavy (non-hydrogen) atoms. The van der Waals surface area contributed by atoms with E-state index >= 15 is 0 Å². The summed E-state index contributed by atoms with van der Waals surface area (Å²) in [6.45, 7) is 2.67. The number of nitrogens with one attached hydrogen (secondary N) is 2. The first-order chi connectivity index (χ1) is 7.09. The number of hydrogen-bond acceptors (Lipinski definition) is 3. The van der Waals surface area contributed by atoms with E-state index in [-0.39, 0.29) is 30.3 Å². The second kappa shape index (κ2) is 5.70. The van der Waals surface area contributed by atoms with Gasteiger partial charge in [0, 0.05) is 12.5 Å². The van der Waals surface area contributed by atoms with Crippen LogP contribution in [0.25, 0.3) is 0 Å². The van der Waals surface area contributed by atoms with Crippen LogP contribution < -0.4 is 16.4 Å². The molecule has 1 saturated heterocycles. The average molecular weight is 213 g/mol. The molecule has 1 aliphatic heterocycles. The van der Waals surface area contributed by atoms with E-state index in [9.17, 15) is 9.59 Å². The molecule has 1 heterocycles. The molecule has 86 valence electrons. The monoisotopic (exact) mass is 213 g/mol. The van der Waals surface area contributed by atoms with E-state index in [1.807, 2.05) is 0 Å². The summed E-state index contributed by atoms with van der Waals surface area (Å²) in [5.74, 6) is -0.414. The number of nitrogens with two attached hydrogens (primary N) is 1. The summed E-state index contributed by atoms with van der Waals surface area (Å²) in [5.41, 5.74) is 5.04. The lowest BCUT2D eigenvalue weighted by Gasteiger charge is -2.24. The first-order valence-electron chi connectivity index (χ1n) is 5.41. The predicted molar refractivity (Wildman–Crippen MR) is 57.1 cm³/mol. The molecule has 2 unspecified atom stereocenters. The second-order valence-corrected chi connectivity index (χ2v) is 4.08. The Morgan fingerprint density at radius 3 is 2.80 bits per heavy atom. The normalized spacial score (nSPS) is 23.1. The molecule has 0 spiro atoms. The molecule has 4 N–H and O–H groups in total. The van der Waals surface area contributed by atoms with E-state index in [2.05, 4.69) is 10.6 Å². The lowest BCUT2D eigenvalue weighted by atomic mass is 10.0. The van der Waals surface area contributed by atoms with Gasteiger partial charge in [0.25, 0.3) is 0 Å². The molecule has 1 aliphatic rings. The highest BCUT2D eigenvalue weighted by molar-refractivity contribution is 5.83. The molecule has 0 bridgehead atoms. The van der Waals surface area contributed by atoms with E-state index in [1.54, 1.807) is 6.92 Å². The quantitative estimate of drug-likeness (QED) is 0.589. The lowest BCUT2D eigenvalue weighted by molar-refractivity contribution is -0.124. The number of rotatable bonds is 4. The first kappa shape index (κ1) is 12.0. The minimum absolute atomic E-state index is 0.0246. The van der Waals surface area contributed by atoms with Gasteiger partial charge in [-0.1, -0.05) is 6.42 Å². The standard InChI is InChI=1S/C10H19N3O2/c1-7(6-9(11)14)13-10(15)8-4-2-3-5-12-8/h7-8,12H,2-6H2,1H3,(H2,11,14)(H,13,15). The maximum Gasteiger partial charge on any atom is 0.237 e. The molecule has 0 aromatic rings. The molecule has 1 fully saturated rings. The Morgan fingerprint density at radius 2 is 2.27 bits per heavy atom. The van der Waals surface area contributed by atoms with Gasteiger partial charge in [0.1, 0.15) is 0 Å². The topological polar surface area (TPSA) is 84.2 Å². The minimum Gasteiger partial charge on any atom is -0.370 e. The zero-order valence-electron chi connectivity index (χ0n) is 9.08. The third-order valence-electron chi connectivity index (χ3n) is 2.52. The highest BCUT2D eigenvalue weighted by atomic mass is 16.2. The van der Waals surface area contributed by atoms with Crippen molar-refractivity contribution in [3.8, 4) is 0 Å². The van der Waals surface area contributed by atoms with Crippen LogP contribution in [0, 0.1) is 0 Å². The van der Waals surface area contributed by atoms with Crippen LogP contribution in [-0.4, -0.2) is 30.4 Å². The fraction of sp³-hybridized carbons (Fsp3) is 0.800. The van der Waals surface area contributed by atoms with E-state index in [1.165, 1.54) is 0 Å². The zero-order valence-corrected chi connectivity index (χ0v) is 9.08. The van der Waals surface area contributed by atoms with E-state index < -0.39 is 0 Å². The minimum atomic E-state index is -0.389. The van der Waals surface area contributed by atoms with Crippen LogP contribution in [-0.2, 0) is 9.59 Å². The number of piperidine rings is 1. The fourth-order valence-corrected chi connectivity index (χ4v) is 1.77. The van der Waals surface area contributed by atoms with Crippen molar-refractivity contribution >= 4 is 11.8 Å². The van der Waals surface area contributed by atoms with Crippen LogP contribution in [0.1, 0.15) is 32.6 Å². The highest BCUT2D eigenvalue weighted by Crippen LogP contribution is 2.07. The maximum atomic E-state index is 11.7. The van der Waals surface area contributed by atoms with Gasteiger partial charge >= 0.3 is 0 Å². The van der Waals surface area contributed by atoms with Gasteiger partial charge in [0.05, 0.1) is 6.04 Å². The van der Waals surface area contributed by atoms with Crippen molar-refractivity contribution < 1.29 is 9.59 Å². The van der Waals surface area contributed by atoms with E-state index in [0.717, 1.165) is 25.8 Å². The van der Waals surface area contributed by atoms with Gasteiger partial charge in [-0.2, -0.15) is 0 Å². The Kier molecular flexibility index (Phi) is 4.55. The smallest absolute Gasteiger partial charge is 0.237 e. The average Bonchev–Trinajstić information content (AvgIpc) is 2.17. The third kappa shape index (κ3) is 4.29. The van der Waals surface area contributed by atoms with Gasteiger partial charge in [0.15, 0.2) is 0 Å². The molecular weight excluding hydrogens is 194 g/mol. The first-order valence-corrected chi connectivity index (χ1v) is 5.41. The Bertz CT molecular complexity index is 237. The van der Waals surface area contributed by atoms with Crippen LogP contribution in [0.15, 0.2) is 0 Å². The van der Waals surface area contributed by atoms with Crippen LogP contribution in [0.3, 0.4) is 0 Å². The summed E-state index contributed by atoms with van der Waals surface area (Å²) in [5, 5.41) is 5.93. The Balaban J connectivity index is 2.30. The van der Waals surface area contributed by atoms with Crippen molar-refractivity contribution in [2.75, 3.05) is 6.54 Å². The molecule has 2 amide bonds. The van der Waals surface area contributed by atoms with Crippen LogP contribution in [0.2, 0.25) is 0 Å². The summed E-state index contributed by atoms with van der Waals surface area (Å²) < 4.78 is 0. The van der Waals surface area contributed by atoms with E-state index in [4.69, 9.17) is 5.73 Å². The molecule has 0 aliphatic carbocycles. The summed E-state index contributed by atoms with van der Waals surface area (Å²) in [7, 11) is 0. The third-order valence-corrected chi connectivity index (χ3v) is 2.52. The summed E-state index contributed by atoms with van der Waals surface area (Å²) in [4.78, 5) is 22.3. The van der Waals surface area contributed by atoms with Gasteiger partial charge < -0.3 is 16.4 Å². The molecular formula is C10H19N3O2. The Morgan fingerprint density at radius 1 is 1.53 bits per heavy atom. The fourth-order valence-electron chi connectivity index (χ4n) is 1.77. The molecule has 1 rings (SSSR count). The maximum absolute atomic E-state index is 11.7. The molecule has 0 aromatic heterocycles. The molecule has 0 radical (unpaired) electrons. The van der Waals surface area contributed by atoms with Crippen molar-refractivity contribution in [3.63, 3.8) is 0 Å². The molecule has 5 nitrogen and oxygen atoms in total. The second-order valence-electron chi connectivity index (χ2n) is 4.08. The number of primary amides is 1. The van der Waals surface area contributed by atoms with Crippen LogP contribution in [0.4, 0.5) is 0 Å². The Labute approximate surface area is 89.8 Å². The van der Waals surface area contributed by atoms with Crippen molar-refractivity contribution in [2.45, 2.75) is 44.7 Å². The van der Waals surface area contributed by atoms with Gasteiger partial charge in [-0.05, 0) is 26.3 Å². The van der Waals surface area contributed by atoms with Crippen LogP contribution >= 0.6 is 0 Å². The van der Waals surface area contributed by atoms with Crippen molar-refractivity contribution in [1.29, 1.82) is 0 Å². The van der Waals surface area contributed by atoms with Crippen molar-refractivity contribution in [1.82, 2.24) is 10.6 Å². The van der Waals surface area contributed by atoms with Crippen molar-refractivity contribution in [2.24, 2.45) is 5.73 Å². The Hall–Kier alpha value is -1.10. The van der Waals surface area contributed by atoms with Gasteiger partial charge in [-0.3, -0.25) is 9.59 Å². The van der Waals surface area contributed by atoms with Gasteiger partial charge in [-0.25, -0.2) is 0 Å². The number of hydrogen-bond donors (Lipinski definition) is 3. The SMILES string of the molecule is CC(CC(N)=O)NC(=O)C1CCCCN1. The number of carbonyl (C=O) groups is 2. The van der Waals surface area contributed by atoms with Gasteiger partial charge in [-0.15, -0.1) is 0 Å². The highest BCUT2D eigenvalue weighted by Gasteiger charge is 2.21. The predicted octanol–water partition coefficient (Wildman–Crippen LogP) is -0.491. The molecule has 0 saturated carbocycles. The zero-order chi connectivity index (χ0) is 11.3. The summed E-state index contributed by atoms with van der Waals surface area (Å²) in [6, 6.07) is -0.284. The van der Waals surface area contributed by atoms with Crippen molar-refractivity contribution in [3.05, 3.63) is 0 Å². The summed E-state index contributed by atoms with van der Waals surface area (Å²) in [6.07, 6.45) is 3.27. The molecule has 2 atom stereocenters. The molecule has 0 aromatic carbocycles. The largest absolute Gasteiger partial charge is 0.370 e. The lowest BCUT2D eigenvalue weighted by Crippen LogP contribution is -2.49. The van der Waals surface area contributed by atoms with E-state index in [0.29, 0.717) is 0 Å². The number of carbonyl (C=O) groups excluding carboxylic acids is 2. The summed E-state index contributed by atoms with van der Waals surface area (Å²) >= 11 is 0. The van der Waals surface area contributed by atoms with Gasteiger partial charge in [0.2, 0.25) is 11.8 Å². The molecule has 5 heteroatoms.